The molecule has 0 saturated carbocycles. The van der Waals surface area contributed by atoms with Gasteiger partial charge in [-0.1, -0.05) is 19.1 Å². The summed E-state index contributed by atoms with van der Waals surface area (Å²) >= 11 is 1.39. The van der Waals surface area contributed by atoms with E-state index in [1.165, 1.54) is 17.8 Å². The van der Waals surface area contributed by atoms with Gasteiger partial charge in [0.15, 0.2) is 6.35 Å². The molecule has 0 spiro atoms. The Morgan fingerprint density at radius 1 is 1.22 bits per heavy atom. The molecule has 1 rings (SSSR count). The lowest BCUT2D eigenvalue weighted by molar-refractivity contribution is 0.158. The number of thioether (sulfide) groups is 1. The van der Waals surface area contributed by atoms with Gasteiger partial charge in [-0.25, -0.2) is 0 Å². The van der Waals surface area contributed by atoms with Crippen LogP contribution in [0.1, 0.15) is 27.7 Å². The maximum Gasteiger partial charge on any atom is 0.357 e. The average molecular weight is 382 g/mol. The van der Waals surface area contributed by atoms with Crippen LogP contribution in [0.25, 0.3) is 0 Å². The molecule has 1 aromatic carbocycles. The number of hydrogen-bond donors (Lipinski definition) is 0. The van der Waals surface area contributed by atoms with E-state index in [0.29, 0.717) is 4.90 Å². The van der Waals surface area contributed by atoms with E-state index in [1.807, 2.05) is 6.92 Å². The molecule has 1 aromatic rings. The molecular weight excluding hydrogens is 359 g/mol. The zero-order valence-electron chi connectivity index (χ0n) is 13.7. The lowest BCUT2D eigenvalue weighted by Crippen LogP contribution is -2.13. The van der Waals surface area contributed by atoms with Crippen LogP contribution in [0.5, 0.6) is 0 Å². The standard InChI is InChI=1S/C14H23O6PS2/c1-5-18-21(15,20-12(3)4)11-19-23(16,17)14-10-8-7-9-13(14)22-6-2/h7-10,12H,5-6,11H2,1-4H3. The molecule has 0 saturated heterocycles. The van der Waals surface area contributed by atoms with Crippen molar-refractivity contribution in [1.29, 1.82) is 0 Å². The highest BCUT2D eigenvalue weighted by Gasteiger charge is 2.30. The maximum absolute atomic E-state index is 12.5. The van der Waals surface area contributed by atoms with Gasteiger partial charge < -0.3 is 9.05 Å². The second-order valence-corrected chi connectivity index (χ2v) is 9.60. The minimum absolute atomic E-state index is 0.0550. The van der Waals surface area contributed by atoms with Gasteiger partial charge in [0.05, 0.1) is 12.7 Å². The van der Waals surface area contributed by atoms with Gasteiger partial charge in [-0.3, -0.25) is 8.75 Å². The van der Waals surface area contributed by atoms with E-state index in [2.05, 4.69) is 0 Å². The molecule has 0 heterocycles. The van der Waals surface area contributed by atoms with Crippen molar-refractivity contribution in [3.63, 3.8) is 0 Å². The van der Waals surface area contributed by atoms with Gasteiger partial charge >= 0.3 is 7.60 Å². The van der Waals surface area contributed by atoms with Crippen molar-refractivity contribution in [2.75, 3.05) is 18.7 Å². The highest BCUT2D eigenvalue weighted by molar-refractivity contribution is 8.00. The van der Waals surface area contributed by atoms with Crippen molar-refractivity contribution in [2.24, 2.45) is 0 Å². The first-order valence-corrected chi connectivity index (χ1v) is 11.4. The summed E-state index contributed by atoms with van der Waals surface area (Å²) in [6.07, 6.45) is -1.02. The Labute approximate surface area is 142 Å². The van der Waals surface area contributed by atoms with Crippen molar-refractivity contribution in [3.8, 4) is 0 Å². The van der Waals surface area contributed by atoms with Gasteiger partial charge in [0, 0.05) is 4.90 Å². The van der Waals surface area contributed by atoms with Crippen LogP contribution in [0.2, 0.25) is 0 Å². The highest BCUT2D eigenvalue weighted by atomic mass is 32.2. The number of benzene rings is 1. The second kappa shape index (κ2) is 9.20. The van der Waals surface area contributed by atoms with Crippen molar-refractivity contribution in [3.05, 3.63) is 24.3 Å². The lowest BCUT2D eigenvalue weighted by atomic mass is 10.4. The van der Waals surface area contributed by atoms with Crippen LogP contribution in [0.3, 0.4) is 0 Å². The van der Waals surface area contributed by atoms with E-state index in [9.17, 15) is 13.0 Å². The maximum atomic E-state index is 12.5. The fourth-order valence-corrected chi connectivity index (χ4v) is 5.91. The summed E-state index contributed by atoms with van der Waals surface area (Å²) in [5.74, 6) is 0.723. The summed E-state index contributed by atoms with van der Waals surface area (Å²) in [4.78, 5) is 0.644. The van der Waals surface area contributed by atoms with Gasteiger partial charge in [-0.05, 0) is 38.7 Å². The molecule has 0 N–H and O–H groups in total. The number of rotatable bonds is 10. The summed E-state index contributed by atoms with van der Waals surface area (Å²) in [6, 6.07) is 6.53. The summed E-state index contributed by atoms with van der Waals surface area (Å²) < 4.78 is 52.5. The molecule has 0 amide bonds. The third kappa shape index (κ3) is 6.57. The van der Waals surface area contributed by atoms with E-state index in [4.69, 9.17) is 13.2 Å². The van der Waals surface area contributed by atoms with Gasteiger partial charge in [0.25, 0.3) is 10.1 Å². The molecule has 0 bridgehead atoms. The SMILES string of the molecule is CCOP(=O)(COS(=O)(=O)c1ccccc1SCC)OC(C)C. The molecule has 23 heavy (non-hydrogen) atoms. The summed E-state index contributed by atoms with van der Waals surface area (Å²) in [7, 11) is -7.68. The molecule has 6 nitrogen and oxygen atoms in total. The summed E-state index contributed by atoms with van der Waals surface area (Å²) in [5, 5.41) is 0. The Hall–Kier alpha value is -0.370. The van der Waals surface area contributed by atoms with E-state index in [0.717, 1.165) is 5.75 Å². The van der Waals surface area contributed by atoms with Crippen LogP contribution >= 0.6 is 19.4 Å². The number of hydrogen-bond acceptors (Lipinski definition) is 7. The first-order valence-electron chi connectivity index (χ1n) is 7.27. The van der Waals surface area contributed by atoms with Crippen LogP contribution in [-0.2, 0) is 27.9 Å². The van der Waals surface area contributed by atoms with Gasteiger partial charge in [-0.15, -0.1) is 11.8 Å². The highest BCUT2D eigenvalue weighted by Crippen LogP contribution is 2.49. The topological polar surface area (TPSA) is 78.9 Å². The van der Waals surface area contributed by atoms with Gasteiger partial charge in [-0.2, -0.15) is 8.42 Å². The first kappa shape index (κ1) is 20.7. The molecule has 0 aliphatic carbocycles. The predicted molar refractivity (Wildman–Crippen MR) is 91.4 cm³/mol. The molecule has 1 atom stereocenters. The van der Waals surface area contributed by atoms with Crippen molar-refractivity contribution in [2.45, 2.75) is 43.6 Å². The molecule has 0 aliphatic rings. The monoisotopic (exact) mass is 382 g/mol. The summed E-state index contributed by atoms with van der Waals surface area (Å²) in [6.45, 7) is 7.09. The molecule has 0 aromatic heterocycles. The zero-order chi connectivity index (χ0) is 17.5. The van der Waals surface area contributed by atoms with Crippen LogP contribution in [0.4, 0.5) is 0 Å². The molecule has 132 valence electrons. The Bertz CT molecular complexity index is 644. The van der Waals surface area contributed by atoms with Crippen LogP contribution in [0.15, 0.2) is 34.1 Å². The fourth-order valence-electron chi connectivity index (χ4n) is 1.74. The smallest absolute Gasteiger partial charge is 0.307 e. The summed E-state index contributed by atoms with van der Waals surface area (Å²) in [5.41, 5.74) is 0. The third-order valence-corrected chi connectivity index (χ3v) is 6.90. The fraction of sp³-hybridized carbons (Fsp3) is 0.571. The van der Waals surface area contributed by atoms with Crippen molar-refractivity contribution >= 4 is 29.5 Å². The van der Waals surface area contributed by atoms with Crippen molar-refractivity contribution in [1.82, 2.24) is 0 Å². The largest absolute Gasteiger partial charge is 0.357 e. The Kier molecular flexibility index (Phi) is 8.27. The first-order chi connectivity index (χ1) is 10.7. The van der Waals surface area contributed by atoms with E-state index < -0.39 is 24.1 Å². The van der Waals surface area contributed by atoms with E-state index >= 15 is 0 Å². The lowest BCUT2D eigenvalue weighted by Gasteiger charge is -2.20. The van der Waals surface area contributed by atoms with E-state index in [1.54, 1.807) is 39.0 Å². The zero-order valence-corrected chi connectivity index (χ0v) is 16.2. The second-order valence-electron chi connectivity index (χ2n) is 4.76. The van der Waals surface area contributed by atoms with Crippen LogP contribution in [-0.4, -0.2) is 33.2 Å². The molecule has 0 aliphatic heterocycles. The third-order valence-electron chi connectivity index (χ3n) is 2.48. The van der Waals surface area contributed by atoms with Gasteiger partial charge in [0.2, 0.25) is 0 Å². The minimum atomic E-state index is -4.05. The van der Waals surface area contributed by atoms with Crippen LogP contribution < -0.4 is 0 Å². The molecule has 1 unspecified atom stereocenters. The predicted octanol–water partition coefficient (Wildman–Crippen LogP) is 4.12. The Balaban J connectivity index is 2.96. The molecule has 0 radical (unpaired) electrons. The quantitative estimate of drug-likeness (QED) is 0.342. The molecular formula is C14H23O6PS2. The Morgan fingerprint density at radius 3 is 2.43 bits per heavy atom. The normalized spacial score (nSPS) is 14.8. The minimum Gasteiger partial charge on any atom is -0.307 e. The molecule has 0 fully saturated rings. The molecule has 9 heteroatoms. The van der Waals surface area contributed by atoms with Gasteiger partial charge in [0.1, 0.15) is 4.90 Å². The van der Waals surface area contributed by atoms with E-state index in [-0.39, 0.29) is 17.6 Å². The Morgan fingerprint density at radius 2 is 1.87 bits per heavy atom. The average Bonchev–Trinajstić information content (AvgIpc) is 2.46. The van der Waals surface area contributed by atoms with Crippen LogP contribution in [0, 0.1) is 0 Å². The van der Waals surface area contributed by atoms with Crippen molar-refractivity contribution < 1.29 is 26.2 Å².